The Labute approximate surface area is 161 Å². The number of hydrogen-bond acceptors (Lipinski definition) is 8. The second-order valence-electron chi connectivity index (χ2n) is 6.19. The Morgan fingerprint density at radius 3 is 2.36 bits per heavy atom. The molecule has 2 aromatic carbocycles. The summed E-state index contributed by atoms with van der Waals surface area (Å²) < 4.78 is 15.7. The van der Waals surface area contributed by atoms with Gasteiger partial charge in [0.25, 0.3) is 11.8 Å². The van der Waals surface area contributed by atoms with Crippen molar-refractivity contribution in [2.45, 2.75) is 12.1 Å². The molecule has 2 amide bonds. The summed E-state index contributed by atoms with van der Waals surface area (Å²) in [5, 5.41) is 9.53. The minimum atomic E-state index is -0.896. The molecule has 2 aliphatic rings. The summed E-state index contributed by atoms with van der Waals surface area (Å²) in [5.41, 5.74) is 1.01. The number of amides is 2. The first-order valence-corrected chi connectivity index (χ1v) is 8.53. The first-order chi connectivity index (χ1) is 13.6. The number of ether oxygens (including phenoxy) is 3. The molecule has 0 aliphatic carbocycles. The quantitative estimate of drug-likeness (QED) is 0.736. The van der Waals surface area contributed by atoms with E-state index in [1.165, 1.54) is 19.2 Å². The summed E-state index contributed by atoms with van der Waals surface area (Å²) in [5.74, 6) is 0.697. The molecule has 2 aliphatic heterocycles. The van der Waals surface area contributed by atoms with Crippen molar-refractivity contribution in [3.8, 4) is 17.2 Å². The van der Waals surface area contributed by atoms with Crippen LogP contribution in [0, 0.1) is 0 Å². The number of rotatable bonds is 5. The average molecular weight is 382 g/mol. The zero-order valence-corrected chi connectivity index (χ0v) is 15.5. The van der Waals surface area contributed by atoms with Crippen molar-refractivity contribution in [2.24, 2.45) is 10.3 Å². The summed E-state index contributed by atoms with van der Waals surface area (Å²) in [6.07, 6.45) is 0. The number of anilines is 2. The number of carbonyl (C=O) groups is 2. The minimum Gasteiger partial charge on any atom is -0.497 e. The van der Waals surface area contributed by atoms with E-state index in [1.807, 2.05) is 0 Å². The third-order valence-electron chi connectivity index (χ3n) is 4.72. The molecule has 0 N–H and O–H groups in total. The van der Waals surface area contributed by atoms with E-state index in [9.17, 15) is 9.59 Å². The molecular formula is C19H18N4O5. The Bertz CT molecular complexity index is 977. The van der Waals surface area contributed by atoms with Crippen LogP contribution in [0.3, 0.4) is 0 Å². The number of carbonyl (C=O) groups excluding carboxylic acids is 2. The van der Waals surface area contributed by atoms with Crippen LogP contribution in [0.5, 0.6) is 17.2 Å². The Morgan fingerprint density at radius 1 is 0.857 bits per heavy atom. The zero-order valence-electron chi connectivity index (χ0n) is 15.5. The maximum absolute atomic E-state index is 13.1. The SMILES string of the molecule is COc1cccc(N2N=N[C@H]3C(=O)N(c4ccc(OC)c(OC)c4)C(=O)[C@@H]32)c1. The van der Waals surface area contributed by atoms with Crippen LogP contribution in [-0.2, 0) is 9.59 Å². The Morgan fingerprint density at radius 2 is 1.64 bits per heavy atom. The topological polar surface area (TPSA) is 93.0 Å². The van der Waals surface area contributed by atoms with E-state index in [-0.39, 0.29) is 0 Å². The number of fused-ring (bicyclic) bond motifs is 1. The van der Waals surface area contributed by atoms with Crippen molar-refractivity contribution >= 4 is 23.2 Å². The third-order valence-corrected chi connectivity index (χ3v) is 4.72. The van der Waals surface area contributed by atoms with Gasteiger partial charge in [0, 0.05) is 12.1 Å². The molecule has 0 bridgehead atoms. The first kappa shape index (κ1) is 17.8. The summed E-state index contributed by atoms with van der Waals surface area (Å²) in [4.78, 5) is 27.1. The molecule has 144 valence electrons. The lowest BCUT2D eigenvalue weighted by molar-refractivity contribution is -0.121. The number of methoxy groups -OCH3 is 3. The van der Waals surface area contributed by atoms with Crippen molar-refractivity contribution in [1.29, 1.82) is 0 Å². The number of benzene rings is 2. The van der Waals surface area contributed by atoms with Crippen LogP contribution in [0.15, 0.2) is 52.8 Å². The lowest BCUT2D eigenvalue weighted by atomic mass is 10.1. The normalized spacial score (nSPS) is 20.5. The van der Waals surface area contributed by atoms with E-state index in [4.69, 9.17) is 14.2 Å². The van der Waals surface area contributed by atoms with Crippen molar-refractivity contribution in [2.75, 3.05) is 31.2 Å². The average Bonchev–Trinajstić information content (AvgIpc) is 3.28. The molecule has 4 rings (SSSR count). The number of hydrogen-bond donors (Lipinski definition) is 0. The largest absolute Gasteiger partial charge is 0.497 e. The monoisotopic (exact) mass is 382 g/mol. The van der Waals surface area contributed by atoms with E-state index in [0.717, 1.165) is 4.90 Å². The second kappa shape index (κ2) is 6.84. The van der Waals surface area contributed by atoms with Gasteiger partial charge in [-0.05, 0) is 24.3 Å². The van der Waals surface area contributed by atoms with Gasteiger partial charge in [0.05, 0.1) is 32.7 Å². The summed E-state index contributed by atoms with van der Waals surface area (Å²) in [6.45, 7) is 0. The fourth-order valence-corrected chi connectivity index (χ4v) is 3.34. The van der Waals surface area contributed by atoms with Gasteiger partial charge in [-0.15, -0.1) is 0 Å². The summed E-state index contributed by atoms with van der Waals surface area (Å²) in [6, 6.07) is 10.2. The molecular weight excluding hydrogens is 364 g/mol. The Kier molecular flexibility index (Phi) is 4.34. The molecule has 2 heterocycles. The molecule has 2 atom stereocenters. The fraction of sp³-hybridized carbons (Fsp3) is 0.263. The lowest BCUT2D eigenvalue weighted by Gasteiger charge is -2.21. The predicted octanol–water partition coefficient (Wildman–Crippen LogP) is 2.21. The molecule has 0 unspecified atom stereocenters. The molecule has 9 heteroatoms. The highest BCUT2D eigenvalue weighted by atomic mass is 16.5. The van der Waals surface area contributed by atoms with Crippen molar-refractivity contribution in [3.05, 3.63) is 42.5 Å². The van der Waals surface area contributed by atoms with Gasteiger partial charge in [-0.2, -0.15) is 5.11 Å². The van der Waals surface area contributed by atoms with Crippen LogP contribution < -0.4 is 24.1 Å². The molecule has 0 radical (unpaired) electrons. The Balaban J connectivity index is 1.68. The predicted molar refractivity (Wildman–Crippen MR) is 99.9 cm³/mol. The molecule has 0 saturated carbocycles. The molecule has 28 heavy (non-hydrogen) atoms. The standard InChI is InChI=1S/C19H18N4O5/c1-26-13-6-4-5-12(9-13)23-17-16(20-21-23)18(24)22(19(17)25)11-7-8-14(27-2)15(10-11)28-3/h4-10,16-17H,1-3H3/t16-,17-/m1/s1. The zero-order chi connectivity index (χ0) is 19.8. The van der Waals surface area contributed by atoms with Crippen LogP contribution >= 0.6 is 0 Å². The van der Waals surface area contributed by atoms with E-state index in [2.05, 4.69) is 10.3 Å². The van der Waals surface area contributed by atoms with E-state index in [0.29, 0.717) is 28.6 Å². The molecule has 0 aromatic heterocycles. The second-order valence-corrected chi connectivity index (χ2v) is 6.19. The summed E-state index contributed by atoms with van der Waals surface area (Å²) >= 11 is 0. The number of imide groups is 1. The van der Waals surface area contributed by atoms with Gasteiger partial charge < -0.3 is 14.2 Å². The van der Waals surface area contributed by atoms with Gasteiger partial charge in [-0.1, -0.05) is 11.3 Å². The lowest BCUT2D eigenvalue weighted by Crippen LogP contribution is -2.39. The minimum absolute atomic E-state index is 0.392. The van der Waals surface area contributed by atoms with Crippen molar-refractivity contribution in [3.63, 3.8) is 0 Å². The van der Waals surface area contributed by atoms with E-state index in [1.54, 1.807) is 49.6 Å². The van der Waals surface area contributed by atoms with E-state index >= 15 is 0 Å². The van der Waals surface area contributed by atoms with Crippen LogP contribution in [0.1, 0.15) is 0 Å². The van der Waals surface area contributed by atoms with Crippen LogP contribution in [0.2, 0.25) is 0 Å². The molecule has 1 saturated heterocycles. The van der Waals surface area contributed by atoms with Crippen LogP contribution in [0.25, 0.3) is 0 Å². The van der Waals surface area contributed by atoms with Gasteiger partial charge in [0.15, 0.2) is 23.6 Å². The third kappa shape index (κ3) is 2.63. The highest BCUT2D eigenvalue weighted by molar-refractivity contribution is 6.26. The van der Waals surface area contributed by atoms with Gasteiger partial charge >= 0.3 is 0 Å². The number of nitrogens with zero attached hydrogens (tertiary/aromatic N) is 4. The van der Waals surface area contributed by atoms with E-state index < -0.39 is 23.9 Å². The van der Waals surface area contributed by atoms with Gasteiger partial charge in [0.2, 0.25) is 0 Å². The van der Waals surface area contributed by atoms with Gasteiger partial charge in [-0.3, -0.25) is 9.59 Å². The summed E-state index contributed by atoms with van der Waals surface area (Å²) in [7, 11) is 4.56. The van der Waals surface area contributed by atoms with Crippen LogP contribution in [0.4, 0.5) is 11.4 Å². The smallest absolute Gasteiger partial charge is 0.263 e. The molecule has 0 spiro atoms. The van der Waals surface area contributed by atoms with Crippen molar-refractivity contribution in [1.82, 2.24) is 0 Å². The highest BCUT2D eigenvalue weighted by Crippen LogP contribution is 2.38. The maximum Gasteiger partial charge on any atom is 0.263 e. The molecule has 9 nitrogen and oxygen atoms in total. The Hall–Kier alpha value is -3.62. The van der Waals surface area contributed by atoms with Gasteiger partial charge in [-0.25, -0.2) is 9.91 Å². The highest BCUT2D eigenvalue weighted by Gasteiger charge is 2.55. The fourth-order valence-electron chi connectivity index (χ4n) is 3.34. The first-order valence-electron chi connectivity index (χ1n) is 8.53. The molecule has 2 aromatic rings. The maximum atomic E-state index is 13.1. The van der Waals surface area contributed by atoms with Gasteiger partial charge in [0.1, 0.15) is 5.75 Å². The molecule has 1 fully saturated rings. The van der Waals surface area contributed by atoms with Crippen LogP contribution in [-0.4, -0.2) is 45.2 Å². The van der Waals surface area contributed by atoms with Crippen molar-refractivity contribution < 1.29 is 23.8 Å².